The Morgan fingerprint density at radius 3 is 2.84 bits per heavy atom. The molecule has 9 heteroatoms. The molecule has 102 valence electrons. The van der Waals surface area contributed by atoms with E-state index in [0.717, 1.165) is 14.2 Å². The number of halogens is 1. The van der Waals surface area contributed by atoms with Gasteiger partial charge in [-0.3, -0.25) is 10.1 Å². The zero-order valence-corrected chi connectivity index (χ0v) is 13.7. The number of hydrogen-bond acceptors (Lipinski definition) is 6. The van der Waals surface area contributed by atoms with Crippen LogP contribution in [0.25, 0.3) is 0 Å². The number of amides is 1. The number of thiophene rings is 1. The summed E-state index contributed by atoms with van der Waals surface area (Å²) < 4.78 is 0.981. The molecule has 0 unspecified atom stereocenters. The standard InChI is InChI=1S/C10H12BrN5OS2/c1-4(2)18-7-6(11)5(3)19-8(7)9(17)12-10-13-15-16-14-10/h4H,1-3H3,(H2,12,13,14,15,16,17). The second-order valence-electron chi connectivity index (χ2n) is 3.99. The summed E-state index contributed by atoms with van der Waals surface area (Å²) in [5, 5.41) is 16.1. The van der Waals surface area contributed by atoms with E-state index in [0.29, 0.717) is 10.1 Å². The number of aromatic nitrogens is 4. The summed E-state index contributed by atoms with van der Waals surface area (Å²) in [6.45, 7) is 6.15. The number of rotatable bonds is 4. The fourth-order valence-corrected chi connectivity index (χ4v) is 4.32. The van der Waals surface area contributed by atoms with Gasteiger partial charge in [0.25, 0.3) is 11.9 Å². The van der Waals surface area contributed by atoms with Crippen molar-refractivity contribution in [3.63, 3.8) is 0 Å². The highest BCUT2D eigenvalue weighted by molar-refractivity contribution is 9.10. The Balaban J connectivity index is 2.28. The normalized spacial score (nSPS) is 11.0. The van der Waals surface area contributed by atoms with Crippen molar-refractivity contribution in [1.82, 2.24) is 20.6 Å². The molecule has 2 rings (SSSR count). The molecule has 2 aromatic heterocycles. The number of aromatic amines is 1. The van der Waals surface area contributed by atoms with E-state index in [2.05, 4.69) is 55.7 Å². The molecule has 0 fully saturated rings. The number of nitrogens with zero attached hydrogens (tertiary/aromatic N) is 3. The van der Waals surface area contributed by atoms with Crippen molar-refractivity contribution in [2.75, 3.05) is 5.32 Å². The average molecular weight is 362 g/mol. The van der Waals surface area contributed by atoms with Crippen molar-refractivity contribution in [3.05, 3.63) is 14.2 Å². The van der Waals surface area contributed by atoms with E-state index in [1.165, 1.54) is 11.3 Å². The van der Waals surface area contributed by atoms with Gasteiger partial charge in [-0.25, -0.2) is 0 Å². The molecular weight excluding hydrogens is 350 g/mol. The van der Waals surface area contributed by atoms with Crippen LogP contribution in [0.5, 0.6) is 0 Å². The van der Waals surface area contributed by atoms with E-state index in [-0.39, 0.29) is 11.9 Å². The van der Waals surface area contributed by atoms with Crippen molar-refractivity contribution in [2.24, 2.45) is 0 Å². The SMILES string of the molecule is Cc1sc(C(=O)Nc2nn[nH]n2)c(SC(C)C)c1Br. The molecule has 19 heavy (non-hydrogen) atoms. The van der Waals surface area contributed by atoms with Crippen LogP contribution in [-0.2, 0) is 0 Å². The summed E-state index contributed by atoms with van der Waals surface area (Å²) in [6.07, 6.45) is 0. The predicted octanol–water partition coefficient (Wildman–Crippen LogP) is 3.08. The minimum Gasteiger partial charge on any atom is -0.287 e. The third kappa shape index (κ3) is 3.34. The number of aryl methyl sites for hydroxylation is 1. The van der Waals surface area contributed by atoms with Crippen LogP contribution in [0.3, 0.4) is 0 Å². The van der Waals surface area contributed by atoms with Crippen LogP contribution in [0.1, 0.15) is 28.4 Å². The quantitative estimate of drug-likeness (QED) is 0.817. The van der Waals surface area contributed by atoms with Gasteiger partial charge in [0.15, 0.2) is 0 Å². The minimum absolute atomic E-state index is 0.174. The van der Waals surface area contributed by atoms with E-state index in [9.17, 15) is 4.79 Å². The van der Waals surface area contributed by atoms with E-state index in [4.69, 9.17) is 0 Å². The molecule has 0 radical (unpaired) electrons. The molecule has 1 amide bonds. The Kier molecular flexibility index (Phi) is 4.58. The van der Waals surface area contributed by atoms with Crippen LogP contribution < -0.4 is 5.32 Å². The van der Waals surface area contributed by atoms with Crippen LogP contribution >= 0.6 is 39.0 Å². The maximum absolute atomic E-state index is 12.2. The Morgan fingerprint density at radius 1 is 1.53 bits per heavy atom. The van der Waals surface area contributed by atoms with Crippen LogP contribution in [0, 0.1) is 6.92 Å². The molecule has 0 aliphatic heterocycles. The van der Waals surface area contributed by atoms with Crippen molar-refractivity contribution in [3.8, 4) is 0 Å². The first-order valence-electron chi connectivity index (χ1n) is 5.49. The van der Waals surface area contributed by atoms with Crippen LogP contribution in [0.4, 0.5) is 5.95 Å². The fraction of sp³-hybridized carbons (Fsp3) is 0.400. The Hall–Kier alpha value is -0.930. The highest BCUT2D eigenvalue weighted by Gasteiger charge is 2.22. The highest BCUT2D eigenvalue weighted by Crippen LogP contribution is 2.41. The van der Waals surface area contributed by atoms with E-state index >= 15 is 0 Å². The van der Waals surface area contributed by atoms with E-state index < -0.39 is 0 Å². The fourth-order valence-electron chi connectivity index (χ4n) is 1.37. The van der Waals surface area contributed by atoms with Gasteiger partial charge in [-0.2, -0.15) is 5.21 Å². The minimum atomic E-state index is -0.219. The summed E-state index contributed by atoms with van der Waals surface area (Å²) in [7, 11) is 0. The van der Waals surface area contributed by atoms with Crippen molar-refractivity contribution >= 4 is 50.9 Å². The maximum atomic E-state index is 12.2. The van der Waals surface area contributed by atoms with Gasteiger partial charge in [-0.05, 0) is 28.1 Å². The molecule has 2 aromatic rings. The summed E-state index contributed by atoms with van der Waals surface area (Å²) in [5.74, 6) is -0.0453. The Labute approximate surface area is 126 Å². The monoisotopic (exact) mass is 361 g/mol. The van der Waals surface area contributed by atoms with Gasteiger partial charge in [0.1, 0.15) is 4.88 Å². The zero-order chi connectivity index (χ0) is 14.0. The van der Waals surface area contributed by atoms with Gasteiger partial charge in [0.2, 0.25) is 0 Å². The lowest BCUT2D eigenvalue weighted by molar-refractivity contribution is 0.102. The number of H-pyrrole nitrogens is 1. The maximum Gasteiger partial charge on any atom is 0.270 e. The molecule has 0 spiro atoms. The Bertz CT molecular complexity index is 581. The molecule has 2 heterocycles. The molecule has 0 saturated heterocycles. The first-order valence-corrected chi connectivity index (χ1v) is 7.98. The molecule has 0 aromatic carbocycles. The van der Waals surface area contributed by atoms with Crippen LogP contribution in [-0.4, -0.2) is 31.8 Å². The number of anilines is 1. The first kappa shape index (κ1) is 14.5. The molecular formula is C10H12BrN5OS2. The van der Waals surface area contributed by atoms with Gasteiger partial charge >= 0.3 is 0 Å². The zero-order valence-electron chi connectivity index (χ0n) is 10.5. The number of thioether (sulfide) groups is 1. The number of carbonyl (C=O) groups is 1. The predicted molar refractivity (Wildman–Crippen MR) is 79.9 cm³/mol. The van der Waals surface area contributed by atoms with Crippen molar-refractivity contribution in [1.29, 1.82) is 0 Å². The van der Waals surface area contributed by atoms with Gasteiger partial charge in [-0.1, -0.05) is 18.9 Å². The third-order valence-electron chi connectivity index (χ3n) is 2.10. The third-order valence-corrected chi connectivity index (χ3v) is 5.96. The molecule has 0 bridgehead atoms. The molecule has 0 aliphatic rings. The summed E-state index contributed by atoms with van der Waals surface area (Å²) in [5.41, 5.74) is 0. The smallest absolute Gasteiger partial charge is 0.270 e. The molecule has 0 saturated carbocycles. The summed E-state index contributed by atoms with van der Waals surface area (Å²) in [6, 6.07) is 0. The van der Waals surface area contributed by atoms with E-state index in [1.54, 1.807) is 11.8 Å². The van der Waals surface area contributed by atoms with Gasteiger partial charge in [-0.15, -0.1) is 28.2 Å². The molecule has 2 N–H and O–H groups in total. The van der Waals surface area contributed by atoms with Gasteiger partial charge in [0, 0.05) is 19.5 Å². The lowest BCUT2D eigenvalue weighted by atomic mass is 10.4. The molecule has 0 atom stereocenters. The van der Waals surface area contributed by atoms with Gasteiger partial charge < -0.3 is 0 Å². The highest BCUT2D eigenvalue weighted by atomic mass is 79.9. The molecule has 6 nitrogen and oxygen atoms in total. The number of nitrogens with one attached hydrogen (secondary N) is 2. The second-order valence-corrected chi connectivity index (χ2v) is 7.59. The summed E-state index contributed by atoms with van der Waals surface area (Å²) >= 11 is 6.63. The van der Waals surface area contributed by atoms with E-state index in [1.807, 2.05) is 6.92 Å². The van der Waals surface area contributed by atoms with Crippen molar-refractivity contribution in [2.45, 2.75) is 30.9 Å². The van der Waals surface area contributed by atoms with Gasteiger partial charge in [0.05, 0.1) is 0 Å². The Morgan fingerprint density at radius 2 is 2.26 bits per heavy atom. The number of hydrogen-bond donors (Lipinski definition) is 2. The number of tetrazole rings is 1. The summed E-state index contributed by atoms with van der Waals surface area (Å²) in [4.78, 5) is 14.9. The van der Waals surface area contributed by atoms with Crippen LogP contribution in [0.2, 0.25) is 0 Å². The lowest BCUT2D eigenvalue weighted by Gasteiger charge is -2.06. The average Bonchev–Trinajstić information content (AvgIpc) is 2.92. The van der Waals surface area contributed by atoms with Crippen molar-refractivity contribution < 1.29 is 4.79 Å². The number of carbonyl (C=O) groups excluding carboxylic acids is 1. The lowest BCUT2D eigenvalue weighted by Crippen LogP contribution is -2.12. The topological polar surface area (TPSA) is 83.6 Å². The molecule has 0 aliphatic carbocycles. The largest absolute Gasteiger partial charge is 0.287 e. The van der Waals surface area contributed by atoms with Crippen LogP contribution in [0.15, 0.2) is 9.37 Å². The first-order chi connectivity index (χ1) is 8.99. The second kappa shape index (κ2) is 6.02.